The maximum atomic E-state index is 5.91. The second-order valence-electron chi connectivity index (χ2n) is 2.91. The third-order valence-corrected chi connectivity index (χ3v) is 2.49. The van der Waals surface area contributed by atoms with E-state index in [9.17, 15) is 0 Å². The molecule has 58 valence electrons. The van der Waals surface area contributed by atoms with Crippen LogP contribution in [-0.2, 0) is 0 Å². The molecule has 0 aromatic carbocycles. The Balaban J connectivity index is 2.92. The van der Waals surface area contributed by atoms with Crippen molar-refractivity contribution in [3.63, 3.8) is 0 Å². The molecule has 0 saturated heterocycles. The summed E-state index contributed by atoms with van der Waals surface area (Å²) in [6.07, 6.45) is 5.06. The minimum absolute atomic E-state index is 0.160. The van der Waals surface area contributed by atoms with Crippen LogP contribution in [0, 0.1) is 0 Å². The van der Waals surface area contributed by atoms with Gasteiger partial charge in [0, 0.05) is 0 Å². The van der Waals surface area contributed by atoms with Gasteiger partial charge in [0.15, 0.2) is 0 Å². The summed E-state index contributed by atoms with van der Waals surface area (Å²) in [6, 6.07) is 0. The molecule has 3 heteroatoms. The van der Waals surface area contributed by atoms with Gasteiger partial charge in [-0.25, -0.2) is 0 Å². The SMILES string of the molecule is C=BC1=CC(Cl)=CC(C)(I)C1. The Bertz CT molecular complexity index is 240. The molecule has 1 unspecified atom stereocenters. The van der Waals surface area contributed by atoms with Crippen molar-refractivity contribution in [1.29, 1.82) is 0 Å². The van der Waals surface area contributed by atoms with Gasteiger partial charge in [0.1, 0.15) is 0 Å². The van der Waals surface area contributed by atoms with Gasteiger partial charge in [0.25, 0.3) is 0 Å². The van der Waals surface area contributed by atoms with Gasteiger partial charge in [0.2, 0.25) is 0 Å². The first-order chi connectivity index (χ1) is 5.03. The molecule has 0 spiro atoms. The van der Waals surface area contributed by atoms with Crippen molar-refractivity contribution in [3.05, 3.63) is 22.7 Å². The molecule has 0 saturated carbocycles. The summed E-state index contributed by atoms with van der Waals surface area (Å²) < 4.78 is 0.160. The van der Waals surface area contributed by atoms with Crippen LogP contribution in [0.4, 0.5) is 0 Å². The van der Waals surface area contributed by atoms with Crippen LogP contribution >= 0.6 is 34.2 Å². The molecular formula is C8H9BClI. The molecule has 0 radical (unpaired) electrons. The molecular weight excluding hydrogens is 269 g/mol. The van der Waals surface area contributed by atoms with Crippen molar-refractivity contribution in [2.45, 2.75) is 16.8 Å². The van der Waals surface area contributed by atoms with Gasteiger partial charge in [0.05, 0.1) is 0 Å². The van der Waals surface area contributed by atoms with Gasteiger partial charge in [-0.2, -0.15) is 0 Å². The fraction of sp³-hybridized carbons (Fsp3) is 0.375. The molecule has 1 rings (SSSR count). The fourth-order valence-corrected chi connectivity index (χ4v) is 2.48. The van der Waals surface area contributed by atoms with Crippen LogP contribution in [-0.4, -0.2) is 16.8 Å². The third kappa shape index (κ3) is 2.75. The number of alkyl halides is 1. The van der Waals surface area contributed by atoms with Crippen LogP contribution in [0.5, 0.6) is 0 Å². The van der Waals surface area contributed by atoms with Gasteiger partial charge >= 0.3 is 87.0 Å². The summed E-state index contributed by atoms with van der Waals surface area (Å²) in [4.78, 5) is 0. The quantitative estimate of drug-likeness (QED) is 0.393. The molecule has 0 heterocycles. The summed E-state index contributed by atoms with van der Waals surface area (Å²) in [5.41, 5.74) is 1.22. The van der Waals surface area contributed by atoms with E-state index >= 15 is 0 Å². The molecule has 0 nitrogen and oxygen atoms in total. The molecule has 0 N–H and O–H groups in total. The first kappa shape index (κ1) is 9.52. The zero-order valence-corrected chi connectivity index (χ0v) is 9.32. The summed E-state index contributed by atoms with van der Waals surface area (Å²) in [5.74, 6) is 0. The molecule has 0 bridgehead atoms. The average molecular weight is 278 g/mol. The molecule has 0 aromatic heterocycles. The fourth-order valence-electron chi connectivity index (χ4n) is 1.14. The van der Waals surface area contributed by atoms with Crippen LogP contribution in [0.1, 0.15) is 13.3 Å². The van der Waals surface area contributed by atoms with Crippen molar-refractivity contribution in [1.82, 2.24) is 0 Å². The van der Waals surface area contributed by atoms with E-state index in [1.54, 1.807) is 0 Å². The topological polar surface area (TPSA) is 0 Å². The van der Waals surface area contributed by atoms with Crippen LogP contribution < -0.4 is 0 Å². The van der Waals surface area contributed by atoms with Crippen LogP contribution in [0.15, 0.2) is 22.7 Å². The molecule has 1 aliphatic rings. The normalized spacial score (nSPS) is 30.5. The van der Waals surface area contributed by atoms with E-state index in [1.807, 2.05) is 13.0 Å². The maximum absolute atomic E-state index is 5.91. The molecule has 0 fully saturated rings. The van der Waals surface area contributed by atoms with E-state index in [2.05, 4.69) is 42.1 Å². The van der Waals surface area contributed by atoms with Crippen LogP contribution in [0.3, 0.4) is 0 Å². The van der Waals surface area contributed by atoms with Crippen molar-refractivity contribution < 1.29 is 0 Å². The molecule has 0 amide bonds. The number of hydrogen-bond acceptors (Lipinski definition) is 0. The number of hydrogen-bond donors (Lipinski definition) is 0. The standard InChI is InChI=1S/C8H9BClI/c1-8(11)4-6(9-2)3-7(10)5-8/h3,5H,2,4H2,1H3. The number of rotatable bonds is 1. The first-order valence-corrected chi connectivity index (χ1v) is 4.89. The van der Waals surface area contributed by atoms with Gasteiger partial charge < -0.3 is 0 Å². The van der Waals surface area contributed by atoms with Crippen molar-refractivity contribution in [2.75, 3.05) is 0 Å². The Labute approximate surface area is 86.7 Å². The molecule has 11 heavy (non-hydrogen) atoms. The van der Waals surface area contributed by atoms with Crippen LogP contribution in [0.25, 0.3) is 0 Å². The van der Waals surface area contributed by atoms with Gasteiger partial charge in [-0.05, 0) is 0 Å². The summed E-state index contributed by atoms with van der Waals surface area (Å²) in [5, 5.41) is 0.822. The Morgan fingerprint density at radius 3 is 2.91 bits per heavy atom. The Hall–Kier alpha value is 0.435. The number of halogens is 2. The van der Waals surface area contributed by atoms with E-state index in [0.717, 1.165) is 11.5 Å². The zero-order chi connectivity index (χ0) is 8.48. The zero-order valence-electron chi connectivity index (χ0n) is 6.40. The molecule has 1 aliphatic carbocycles. The van der Waals surface area contributed by atoms with E-state index in [1.165, 1.54) is 5.47 Å². The Morgan fingerprint density at radius 2 is 2.45 bits per heavy atom. The number of allylic oxidation sites excluding steroid dienone is 4. The summed E-state index contributed by atoms with van der Waals surface area (Å²) in [6.45, 7) is 7.75. The predicted octanol–water partition coefficient (Wildman–Crippen LogP) is 2.73. The monoisotopic (exact) mass is 278 g/mol. The van der Waals surface area contributed by atoms with Crippen molar-refractivity contribution in [3.8, 4) is 0 Å². The molecule has 0 aliphatic heterocycles. The molecule has 0 aromatic rings. The van der Waals surface area contributed by atoms with Crippen molar-refractivity contribution in [2.24, 2.45) is 0 Å². The third-order valence-electron chi connectivity index (χ3n) is 1.57. The van der Waals surface area contributed by atoms with E-state index < -0.39 is 0 Å². The minimum atomic E-state index is 0.160. The van der Waals surface area contributed by atoms with Gasteiger partial charge in [-0.3, -0.25) is 0 Å². The Kier molecular flexibility index (Phi) is 2.98. The van der Waals surface area contributed by atoms with E-state index in [4.69, 9.17) is 11.6 Å². The first-order valence-electron chi connectivity index (χ1n) is 3.44. The summed E-state index contributed by atoms with van der Waals surface area (Å²) in [7, 11) is 0. The predicted molar refractivity (Wildman–Crippen MR) is 61.9 cm³/mol. The van der Waals surface area contributed by atoms with Gasteiger partial charge in [-0.15, -0.1) is 0 Å². The van der Waals surface area contributed by atoms with E-state index in [0.29, 0.717) is 0 Å². The second-order valence-corrected chi connectivity index (χ2v) is 5.81. The van der Waals surface area contributed by atoms with E-state index in [-0.39, 0.29) is 3.42 Å². The molecule has 1 atom stereocenters. The Morgan fingerprint density at radius 1 is 1.82 bits per heavy atom. The van der Waals surface area contributed by atoms with Crippen molar-refractivity contribution >= 4 is 47.6 Å². The van der Waals surface area contributed by atoms with Crippen LogP contribution in [0.2, 0.25) is 0 Å². The average Bonchev–Trinajstić information content (AvgIpc) is 1.83. The van der Waals surface area contributed by atoms with Gasteiger partial charge in [-0.1, -0.05) is 0 Å². The second kappa shape index (κ2) is 3.44. The summed E-state index contributed by atoms with van der Waals surface area (Å²) >= 11 is 8.30.